The van der Waals surface area contributed by atoms with Crippen molar-refractivity contribution in [2.75, 3.05) is 0 Å². The molecule has 0 aromatic heterocycles. The first-order chi connectivity index (χ1) is 7.79. The molecule has 1 heteroatoms. The highest BCUT2D eigenvalue weighted by Gasteiger charge is 2.15. The molecule has 1 saturated carbocycles. The summed E-state index contributed by atoms with van der Waals surface area (Å²) < 4.78 is 0. The van der Waals surface area contributed by atoms with Gasteiger partial charge in [-0.2, -0.15) is 5.26 Å². The zero-order valence-corrected chi connectivity index (χ0v) is 9.95. The third kappa shape index (κ3) is 2.64. The van der Waals surface area contributed by atoms with E-state index in [4.69, 9.17) is 5.26 Å². The summed E-state index contributed by atoms with van der Waals surface area (Å²) in [4.78, 5) is 0. The third-order valence-electron chi connectivity index (χ3n) is 3.67. The smallest absolute Gasteiger partial charge is 0.0700 e. The second kappa shape index (κ2) is 5.16. The van der Waals surface area contributed by atoms with Gasteiger partial charge in [0, 0.05) is 0 Å². The number of hydrogen-bond donors (Lipinski definition) is 0. The summed E-state index contributed by atoms with van der Waals surface area (Å²) in [5, 5.41) is 8.84. The van der Waals surface area contributed by atoms with E-state index in [2.05, 4.69) is 30.3 Å². The molecular weight excluding hydrogens is 194 g/mol. The Morgan fingerprint density at radius 1 is 1.25 bits per heavy atom. The Kier molecular flexibility index (Phi) is 3.62. The summed E-state index contributed by atoms with van der Waals surface area (Å²) in [6.07, 6.45) is 6.84. The molecule has 84 valence electrons. The lowest BCUT2D eigenvalue weighted by Gasteiger charge is -2.10. The molecular formula is C15H19N. The second-order valence-electron chi connectivity index (χ2n) is 4.95. The van der Waals surface area contributed by atoms with Gasteiger partial charge in [-0.3, -0.25) is 0 Å². The molecule has 0 heterocycles. The van der Waals surface area contributed by atoms with Gasteiger partial charge in [-0.1, -0.05) is 49.9 Å². The maximum atomic E-state index is 8.84. The first-order valence-corrected chi connectivity index (χ1v) is 6.28. The van der Waals surface area contributed by atoms with E-state index < -0.39 is 0 Å². The van der Waals surface area contributed by atoms with Crippen molar-refractivity contribution in [1.29, 1.82) is 5.26 Å². The molecule has 0 saturated heterocycles. The van der Waals surface area contributed by atoms with Crippen LogP contribution in [0.2, 0.25) is 0 Å². The molecule has 0 radical (unpaired) electrons. The highest BCUT2D eigenvalue weighted by atomic mass is 14.3. The fourth-order valence-electron chi connectivity index (χ4n) is 2.56. The van der Waals surface area contributed by atoms with Crippen LogP contribution >= 0.6 is 0 Å². The van der Waals surface area contributed by atoms with Gasteiger partial charge in [-0.25, -0.2) is 0 Å². The monoisotopic (exact) mass is 213 g/mol. The predicted molar refractivity (Wildman–Crippen MR) is 66.1 cm³/mol. The molecule has 0 N–H and O–H groups in total. The standard InChI is InChI=1S/C15H19N/c1-12(11-16)15-8-6-14(7-9-15)10-13-4-2-3-5-13/h6-9,12-13H,2-5,10H2,1H3. The molecule has 1 aromatic carbocycles. The Labute approximate surface area is 98.1 Å². The van der Waals surface area contributed by atoms with Crippen molar-refractivity contribution in [3.63, 3.8) is 0 Å². The van der Waals surface area contributed by atoms with Gasteiger partial charge in [0.05, 0.1) is 12.0 Å². The number of hydrogen-bond acceptors (Lipinski definition) is 1. The fourth-order valence-corrected chi connectivity index (χ4v) is 2.56. The summed E-state index contributed by atoms with van der Waals surface area (Å²) >= 11 is 0. The van der Waals surface area contributed by atoms with E-state index in [-0.39, 0.29) is 5.92 Å². The highest BCUT2D eigenvalue weighted by Crippen LogP contribution is 2.28. The zero-order valence-electron chi connectivity index (χ0n) is 9.95. The van der Waals surface area contributed by atoms with Gasteiger partial charge in [-0.05, 0) is 30.4 Å². The summed E-state index contributed by atoms with van der Waals surface area (Å²) in [6.45, 7) is 1.95. The topological polar surface area (TPSA) is 23.8 Å². The number of nitriles is 1. The first-order valence-electron chi connectivity index (χ1n) is 6.28. The van der Waals surface area contributed by atoms with Crippen LogP contribution in [-0.2, 0) is 6.42 Å². The van der Waals surface area contributed by atoms with Gasteiger partial charge < -0.3 is 0 Å². The molecule has 0 aliphatic heterocycles. The van der Waals surface area contributed by atoms with Crippen LogP contribution in [-0.4, -0.2) is 0 Å². The molecule has 0 bridgehead atoms. The van der Waals surface area contributed by atoms with E-state index in [0.29, 0.717) is 0 Å². The van der Waals surface area contributed by atoms with Crippen LogP contribution in [0.1, 0.15) is 49.7 Å². The third-order valence-corrected chi connectivity index (χ3v) is 3.67. The van der Waals surface area contributed by atoms with Crippen LogP contribution in [0.5, 0.6) is 0 Å². The maximum Gasteiger partial charge on any atom is 0.0700 e. The normalized spacial score (nSPS) is 18.2. The molecule has 1 aliphatic carbocycles. The van der Waals surface area contributed by atoms with E-state index in [1.807, 2.05) is 6.92 Å². The highest BCUT2D eigenvalue weighted by molar-refractivity contribution is 5.28. The van der Waals surface area contributed by atoms with Crippen LogP contribution in [0, 0.1) is 17.2 Å². The van der Waals surface area contributed by atoms with E-state index in [1.165, 1.54) is 37.7 Å². The Balaban J connectivity index is 1.99. The zero-order chi connectivity index (χ0) is 11.4. The Bertz CT molecular complexity index is 365. The second-order valence-corrected chi connectivity index (χ2v) is 4.95. The lowest BCUT2D eigenvalue weighted by atomic mass is 9.95. The molecule has 1 unspecified atom stereocenters. The molecule has 2 rings (SSSR count). The van der Waals surface area contributed by atoms with Crippen molar-refractivity contribution >= 4 is 0 Å². The molecule has 1 fully saturated rings. The van der Waals surface area contributed by atoms with Crippen LogP contribution < -0.4 is 0 Å². The van der Waals surface area contributed by atoms with Crippen molar-refractivity contribution in [3.05, 3.63) is 35.4 Å². The minimum absolute atomic E-state index is 0.0144. The van der Waals surface area contributed by atoms with E-state index in [9.17, 15) is 0 Å². The first kappa shape index (κ1) is 11.2. The number of benzene rings is 1. The van der Waals surface area contributed by atoms with Crippen LogP contribution in [0.15, 0.2) is 24.3 Å². The van der Waals surface area contributed by atoms with E-state index in [1.54, 1.807) is 0 Å². The Morgan fingerprint density at radius 3 is 2.44 bits per heavy atom. The fraction of sp³-hybridized carbons (Fsp3) is 0.533. The van der Waals surface area contributed by atoms with Crippen molar-refractivity contribution in [3.8, 4) is 6.07 Å². The van der Waals surface area contributed by atoms with Crippen molar-refractivity contribution in [2.45, 2.75) is 44.9 Å². The molecule has 16 heavy (non-hydrogen) atoms. The molecule has 1 atom stereocenters. The molecule has 0 amide bonds. The molecule has 1 nitrogen and oxygen atoms in total. The molecule has 0 spiro atoms. The minimum Gasteiger partial charge on any atom is -0.198 e. The number of nitrogens with zero attached hydrogens (tertiary/aromatic N) is 1. The lowest BCUT2D eigenvalue weighted by molar-refractivity contribution is 0.546. The van der Waals surface area contributed by atoms with Crippen LogP contribution in [0.3, 0.4) is 0 Å². The Morgan fingerprint density at radius 2 is 1.88 bits per heavy atom. The van der Waals surface area contributed by atoms with Gasteiger partial charge in [0.1, 0.15) is 0 Å². The van der Waals surface area contributed by atoms with Crippen molar-refractivity contribution < 1.29 is 0 Å². The summed E-state index contributed by atoms with van der Waals surface area (Å²) in [6, 6.07) is 10.9. The predicted octanol–water partition coefficient (Wildman–Crippen LogP) is 4.05. The van der Waals surface area contributed by atoms with Gasteiger partial charge in [0.15, 0.2) is 0 Å². The molecule has 1 aromatic rings. The van der Waals surface area contributed by atoms with Crippen molar-refractivity contribution in [1.82, 2.24) is 0 Å². The van der Waals surface area contributed by atoms with E-state index >= 15 is 0 Å². The summed E-state index contributed by atoms with van der Waals surface area (Å²) in [5.74, 6) is 0.916. The van der Waals surface area contributed by atoms with E-state index in [0.717, 1.165) is 11.5 Å². The average molecular weight is 213 g/mol. The SMILES string of the molecule is CC(C#N)c1ccc(CC2CCCC2)cc1. The Hall–Kier alpha value is -1.29. The summed E-state index contributed by atoms with van der Waals surface area (Å²) in [5.41, 5.74) is 2.57. The largest absolute Gasteiger partial charge is 0.198 e. The summed E-state index contributed by atoms with van der Waals surface area (Å²) in [7, 11) is 0. The minimum atomic E-state index is 0.0144. The average Bonchev–Trinajstić information content (AvgIpc) is 2.82. The van der Waals surface area contributed by atoms with Gasteiger partial charge in [-0.15, -0.1) is 0 Å². The van der Waals surface area contributed by atoms with Gasteiger partial charge in [0.25, 0.3) is 0 Å². The quantitative estimate of drug-likeness (QED) is 0.743. The molecule has 1 aliphatic rings. The van der Waals surface area contributed by atoms with Crippen LogP contribution in [0.4, 0.5) is 0 Å². The van der Waals surface area contributed by atoms with Gasteiger partial charge >= 0.3 is 0 Å². The number of rotatable bonds is 3. The lowest BCUT2D eigenvalue weighted by Crippen LogP contribution is -1.99. The van der Waals surface area contributed by atoms with Gasteiger partial charge in [0.2, 0.25) is 0 Å². The van der Waals surface area contributed by atoms with Crippen LogP contribution in [0.25, 0.3) is 0 Å². The maximum absolute atomic E-state index is 8.84. The van der Waals surface area contributed by atoms with Crippen molar-refractivity contribution in [2.24, 2.45) is 5.92 Å².